The van der Waals surface area contributed by atoms with Gasteiger partial charge in [0.05, 0.1) is 5.92 Å². The fraction of sp³-hybridized carbons (Fsp3) is 0.750. The first-order valence-electron chi connectivity index (χ1n) is 5.42. The summed E-state index contributed by atoms with van der Waals surface area (Å²) in [7, 11) is 0. The van der Waals surface area contributed by atoms with Gasteiger partial charge in [0.15, 0.2) is 0 Å². The predicted octanol–water partition coefficient (Wildman–Crippen LogP) is 3.25. The predicted molar refractivity (Wildman–Crippen MR) is 60.1 cm³/mol. The van der Waals surface area contributed by atoms with Gasteiger partial charge in [0, 0.05) is 0 Å². The summed E-state index contributed by atoms with van der Waals surface area (Å²) in [6.07, 6.45) is 4.43. The van der Waals surface area contributed by atoms with Gasteiger partial charge in [0.1, 0.15) is 5.60 Å². The average molecular weight is 214 g/mol. The van der Waals surface area contributed by atoms with Gasteiger partial charge < -0.3 is 0 Å². The van der Waals surface area contributed by atoms with Crippen molar-refractivity contribution in [1.82, 2.24) is 0 Å². The molecule has 0 aromatic carbocycles. The van der Waals surface area contributed by atoms with Gasteiger partial charge in [-0.05, 0) is 27.2 Å². The van der Waals surface area contributed by atoms with Crippen molar-refractivity contribution in [2.75, 3.05) is 0 Å². The molecule has 0 aliphatic heterocycles. The molecule has 0 fully saturated rings. The number of carbonyl (C=O) groups excluding carboxylic acids is 1. The van der Waals surface area contributed by atoms with E-state index in [-0.39, 0.29) is 11.9 Å². The van der Waals surface area contributed by atoms with Crippen LogP contribution in [-0.2, 0) is 14.6 Å². The molecule has 1 unspecified atom stereocenters. The smallest absolute Gasteiger partial charge is 0.297 e. The van der Waals surface area contributed by atoms with E-state index in [0.717, 1.165) is 19.3 Å². The average Bonchev–Trinajstić information content (AvgIpc) is 2.15. The topological polar surface area (TPSA) is 35.5 Å². The Balaban J connectivity index is 3.99. The molecule has 3 nitrogen and oxygen atoms in total. The van der Waals surface area contributed by atoms with E-state index >= 15 is 0 Å². The van der Waals surface area contributed by atoms with E-state index in [0.29, 0.717) is 0 Å². The molecule has 0 aromatic rings. The molecule has 3 heteroatoms. The minimum absolute atomic E-state index is 0.257. The molecule has 0 saturated carbocycles. The van der Waals surface area contributed by atoms with E-state index in [2.05, 4.69) is 13.5 Å². The summed E-state index contributed by atoms with van der Waals surface area (Å²) in [6, 6.07) is 0. The largest absolute Gasteiger partial charge is 0.349 e. The number of rotatable bonds is 6. The van der Waals surface area contributed by atoms with Crippen molar-refractivity contribution >= 4 is 5.97 Å². The highest BCUT2D eigenvalue weighted by Crippen LogP contribution is 2.14. The van der Waals surface area contributed by atoms with Crippen LogP contribution < -0.4 is 0 Å². The third-order valence-corrected chi connectivity index (χ3v) is 1.83. The molecule has 0 amide bonds. The Bertz CT molecular complexity index is 203. The van der Waals surface area contributed by atoms with Gasteiger partial charge in [-0.15, -0.1) is 6.58 Å². The summed E-state index contributed by atoms with van der Waals surface area (Å²) >= 11 is 0. The molecular weight excluding hydrogens is 192 g/mol. The van der Waals surface area contributed by atoms with Gasteiger partial charge in [-0.25, -0.2) is 4.79 Å². The first kappa shape index (κ1) is 14.2. The normalized spacial score (nSPS) is 13.3. The van der Waals surface area contributed by atoms with Crippen molar-refractivity contribution in [3.63, 3.8) is 0 Å². The molecule has 0 bridgehead atoms. The lowest BCUT2D eigenvalue weighted by molar-refractivity contribution is -0.322. The number of carbonyl (C=O) groups is 1. The number of unbranched alkanes of at least 4 members (excludes halogenated alkanes) is 1. The van der Waals surface area contributed by atoms with Crippen molar-refractivity contribution in [1.29, 1.82) is 0 Å². The fourth-order valence-electron chi connectivity index (χ4n) is 0.984. The minimum Gasteiger partial charge on any atom is -0.297 e. The molecule has 0 N–H and O–H groups in total. The molecule has 0 radical (unpaired) electrons. The van der Waals surface area contributed by atoms with Crippen LogP contribution in [-0.4, -0.2) is 11.6 Å². The third kappa shape index (κ3) is 7.14. The molecule has 0 heterocycles. The van der Waals surface area contributed by atoms with E-state index < -0.39 is 5.60 Å². The lowest BCUT2D eigenvalue weighted by atomic mass is 10.0. The zero-order chi connectivity index (χ0) is 11.9. The molecular formula is C12H22O3. The molecule has 88 valence electrons. The molecule has 0 rings (SSSR count). The second-order valence-electron chi connectivity index (χ2n) is 4.58. The van der Waals surface area contributed by atoms with Crippen LogP contribution in [0.15, 0.2) is 12.7 Å². The van der Waals surface area contributed by atoms with Crippen LogP contribution in [0.5, 0.6) is 0 Å². The van der Waals surface area contributed by atoms with Crippen LogP contribution in [0.2, 0.25) is 0 Å². The Kier molecular flexibility index (Phi) is 6.25. The van der Waals surface area contributed by atoms with Gasteiger partial charge in [0.2, 0.25) is 0 Å². The highest BCUT2D eigenvalue weighted by atomic mass is 17.2. The van der Waals surface area contributed by atoms with E-state index in [9.17, 15) is 4.79 Å². The number of hydrogen-bond acceptors (Lipinski definition) is 3. The zero-order valence-electron chi connectivity index (χ0n) is 10.2. The summed E-state index contributed by atoms with van der Waals surface area (Å²) in [6.45, 7) is 11.2. The van der Waals surface area contributed by atoms with Crippen LogP contribution in [0.3, 0.4) is 0 Å². The summed E-state index contributed by atoms with van der Waals surface area (Å²) in [5, 5.41) is 0. The van der Waals surface area contributed by atoms with Gasteiger partial charge in [-0.2, -0.15) is 4.89 Å². The van der Waals surface area contributed by atoms with Crippen LogP contribution >= 0.6 is 0 Å². The zero-order valence-corrected chi connectivity index (χ0v) is 10.2. The fourth-order valence-corrected chi connectivity index (χ4v) is 0.984. The van der Waals surface area contributed by atoms with Crippen molar-refractivity contribution in [3.8, 4) is 0 Å². The second-order valence-corrected chi connectivity index (χ2v) is 4.58. The summed E-state index contributed by atoms with van der Waals surface area (Å²) in [5.41, 5.74) is -0.466. The van der Waals surface area contributed by atoms with Crippen LogP contribution in [0.25, 0.3) is 0 Å². The van der Waals surface area contributed by atoms with Crippen LogP contribution in [0, 0.1) is 5.92 Å². The Morgan fingerprint density at radius 1 is 1.47 bits per heavy atom. The van der Waals surface area contributed by atoms with Crippen molar-refractivity contribution in [2.45, 2.75) is 52.6 Å². The van der Waals surface area contributed by atoms with Crippen molar-refractivity contribution < 1.29 is 14.6 Å². The molecule has 15 heavy (non-hydrogen) atoms. The maximum Gasteiger partial charge on any atom is 0.349 e. The summed E-state index contributed by atoms with van der Waals surface area (Å²) < 4.78 is 0. The SMILES string of the molecule is C=CC(CCCC)C(=O)OOC(C)(C)C. The first-order valence-corrected chi connectivity index (χ1v) is 5.42. The van der Waals surface area contributed by atoms with E-state index in [1.54, 1.807) is 6.08 Å². The minimum atomic E-state index is -0.466. The number of hydrogen-bond donors (Lipinski definition) is 0. The van der Waals surface area contributed by atoms with Crippen molar-refractivity contribution in [3.05, 3.63) is 12.7 Å². The van der Waals surface area contributed by atoms with Crippen molar-refractivity contribution in [2.24, 2.45) is 5.92 Å². The monoisotopic (exact) mass is 214 g/mol. The van der Waals surface area contributed by atoms with E-state index in [1.165, 1.54) is 0 Å². The Morgan fingerprint density at radius 2 is 2.07 bits per heavy atom. The lowest BCUT2D eigenvalue weighted by Gasteiger charge is -2.18. The van der Waals surface area contributed by atoms with Gasteiger partial charge in [0.25, 0.3) is 0 Å². The molecule has 1 atom stereocenters. The van der Waals surface area contributed by atoms with Gasteiger partial charge in [-0.1, -0.05) is 25.8 Å². The molecule has 0 aromatic heterocycles. The maximum atomic E-state index is 11.5. The quantitative estimate of drug-likeness (QED) is 0.387. The molecule has 0 spiro atoms. The summed E-state index contributed by atoms with van der Waals surface area (Å²) in [4.78, 5) is 21.2. The highest BCUT2D eigenvalue weighted by molar-refractivity contribution is 5.73. The molecule has 0 saturated heterocycles. The Hall–Kier alpha value is -0.830. The Labute approximate surface area is 92.4 Å². The Morgan fingerprint density at radius 3 is 2.47 bits per heavy atom. The maximum absolute atomic E-state index is 11.5. The standard InChI is InChI=1S/C12H22O3/c1-6-8-9-10(7-2)11(13)14-15-12(3,4)5/h7,10H,2,6,8-9H2,1,3-5H3. The summed E-state index contributed by atoms with van der Waals surface area (Å²) in [5.74, 6) is -0.610. The highest BCUT2D eigenvalue weighted by Gasteiger charge is 2.20. The third-order valence-electron chi connectivity index (χ3n) is 1.83. The van der Waals surface area contributed by atoms with E-state index in [4.69, 9.17) is 9.78 Å². The van der Waals surface area contributed by atoms with Gasteiger partial charge in [-0.3, -0.25) is 4.89 Å². The first-order chi connectivity index (χ1) is 6.90. The lowest BCUT2D eigenvalue weighted by Crippen LogP contribution is -2.25. The van der Waals surface area contributed by atoms with E-state index in [1.807, 2.05) is 20.8 Å². The van der Waals surface area contributed by atoms with Crippen LogP contribution in [0.1, 0.15) is 47.0 Å². The second kappa shape index (κ2) is 6.62. The van der Waals surface area contributed by atoms with Gasteiger partial charge >= 0.3 is 5.97 Å². The van der Waals surface area contributed by atoms with Crippen LogP contribution in [0.4, 0.5) is 0 Å². The molecule has 0 aliphatic rings. The molecule has 0 aliphatic carbocycles.